The van der Waals surface area contributed by atoms with E-state index >= 15 is 0 Å². The summed E-state index contributed by atoms with van der Waals surface area (Å²) in [6, 6.07) is 49.9. The second-order valence-corrected chi connectivity index (χ2v) is 12.9. The first kappa shape index (κ1) is 26.9. The predicted octanol–water partition coefficient (Wildman–Crippen LogP) is 11.4. The molecule has 224 valence electrons. The molecule has 0 unspecified atom stereocenters. The Morgan fingerprint density at radius 1 is 0.458 bits per heavy atom. The molecule has 0 bridgehead atoms. The van der Waals surface area contributed by atoms with Gasteiger partial charge in [-0.1, -0.05) is 121 Å². The fourth-order valence-corrected chi connectivity index (χ4v) is 7.88. The van der Waals surface area contributed by atoms with Crippen LogP contribution in [0.3, 0.4) is 0 Å². The predicted molar refractivity (Wildman–Crippen MR) is 197 cm³/mol. The largest absolute Gasteiger partial charge is 0.438 e. The lowest BCUT2D eigenvalue weighted by Gasteiger charge is -2.11. The van der Waals surface area contributed by atoms with E-state index in [1.807, 2.05) is 66.7 Å². The maximum atomic E-state index is 6.61. The smallest absolute Gasteiger partial charge is 0.228 e. The molecule has 10 rings (SSSR count). The molecule has 5 nitrogen and oxygen atoms in total. The average Bonchev–Trinajstić information content (AvgIpc) is 3.72. The molecule has 6 heteroatoms. The quantitative estimate of drug-likeness (QED) is 0.193. The van der Waals surface area contributed by atoms with Gasteiger partial charge < -0.3 is 4.42 Å². The van der Waals surface area contributed by atoms with Crippen LogP contribution < -0.4 is 0 Å². The Hall–Kier alpha value is -6.24. The molecule has 0 N–H and O–H groups in total. The Balaban J connectivity index is 1.31. The first-order valence-corrected chi connectivity index (χ1v) is 16.6. The molecular weight excluding hydrogens is 609 g/mol. The Kier molecular flexibility index (Phi) is 5.98. The van der Waals surface area contributed by atoms with Crippen molar-refractivity contribution >= 4 is 64.4 Å². The molecule has 0 aliphatic rings. The third-order valence-corrected chi connectivity index (χ3v) is 10.2. The summed E-state index contributed by atoms with van der Waals surface area (Å²) in [5.74, 6) is 1.78. The van der Waals surface area contributed by atoms with E-state index in [9.17, 15) is 0 Å². The number of thiophene rings is 1. The van der Waals surface area contributed by atoms with Gasteiger partial charge in [-0.3, -0.25) is 0 Å². The Morgan fingerprint density at radius 3 is 1.83 bits per heavy atom. The van der Waals surface area contributed by atoms with E-state index < -0.39 is 0 Å². The number of fused-ring (bicyclic) bond motifs is 7. The number of furan rings is 1. The van der Waals surface area contributed by atoms with E-state index in [2.05, 4.69) is 78.9 Å². The van der Waals surface area contributed by atoms with E-state index in [0.29, 0.717) is 23.2 Å². The lowest BCUT2D eigenvalue weighted by Crippen LogP contribution is -2.01. The number of pyridine rings is 1. The standard InChI is InChI=1S/C42H24N4OS/c1-3-12-25(13-4-1)39-44-40(26-14-5-2-6-15-26)46-41(45-39)33-24-34(31-20-11-19-30-29-18-9-10-21-36(29)48-38(30)31)43-42-37(33)32-22-27-16-7-8-17-28(27)23-35(32)47-42/h1-24H. The van der Waals surface area contributed by atoms with Gasteiger partial charge in [-0.2, -0.15) is 0 Å². The van der Waals surface area contributed by atoms with Gasteiger partial charge in [0.05, 0.1) is 11.1 Å². The molecule has 0 aliphatic carbocycles. The minimum absolute atomic E-state index is 0.550. The highest BCUT2D eigenvalue weighted by molar-refractivity contribution is 7.26. The van der Waals surface area contributed by atoms with Crippen LogP contribution >= 0.6 is 11.3 Å². The summed E-state index contributed by atoms with van der Waals surface area (Å²) in [4.78, 5) is 20.4. The van der Waals surface area contributed by atoms with Gasteiger partial charge in [-0.25, -0.2) is 19.9 Å². The lowest BCUT2D eigenvalue weighted by atomic mass is 10.0. The van der Waals surface area contributed by atoms with E-state index in [0.717, 1.165) is 55.1 Å². The van der Waals surface area contributed by atoms with Crippen molar-refractivity contribution in [3.8, 4) is 45.4 Å². The SMILES string of the molecule is c1ccc(-c2nc(-c3ccccc3)nc(-c3cc(-c4cccc5c4sc4ccccc45)nc4oc5cc6ccccc6cc5c34)n2)cc1. The van der Waals surface area contributed by atoms with Crippen LogP contribution in [-0.4, -0.2) is 19.9 Å². The molecule has 0 amide bonds. The van der Waals surface area contributed by atoms with Crippen LogP contribution in [0.25, 0.3) is 98.4 Å². The van der Waals surface area contributed by atoms with Crippen LogP contribution in [0.2, 0.25) is 0 Å². The summed E-state index contributed by atoms with van der Waals surface area (Å²) < 4.78 is 9.04. The number of rotatable bonds is 4. The zero-order valence-electron chi connectivity index (χ0n) is 25.5. The lowest BCUT2D eigenvalue weighted by molar-refractivity contribution is 0.655. The van der Waals surface area contributed by atoms with E-state index in [4.69, 9.17) is 24.4 Å². The second-order valence-electron chi connectivity index (χ2n) is 11.9. The van der Waals surface area contributed by atoms with Gasteiger partial charge in [0.15, 0.2) is 17.5 Å². The van der Waals surface area contributed by atoms with Gasteiger partial charge in [0.25, 0.3) is 0 Å². The molecule has 0 spiro atoms. The van der Waals surface area contributed by atoms with Crippen molar-refractivity contribution in [3.63, 3.8) is 0 Å². The average molecular weight is 633 g/mol. The van der Waals surface area contributed by atoms with Gasteiger partial charge in [-0.05, 0) is 35.0 Å². The van der Waals surface area contributed by atoms with Crippen LogP contribution in [0.1, 0.15) is 0 Å². The second kappa shape index (κ2) is 10.7. The Morgan fingerprint density at radius 2 is 1.08 bits per heavy atom. The molecule has 0 atom stereocenters. The van der Waals surface area contributed by atoms with Crippen molar-refractivity contribution < 1.29 is 4.42 Å². The van der Waals surface area contributed by atoms with Gasteiger partial charge in [0.2, 0.25) is 5.71 Å². The van der Waals surface area contributed by atoms with Gasteiger partial charge in [0, 0.05) is 47.8 Å². The van der Waals surface area contributed by atoms with Gasteiger partial charge in [-0.15, -0.1) is 11.3 Å². The fourth-order valence-electron chi connectivity index (χ4n) is 6.65. The zero-order chi connectivity index (χ0) is 31.6. The summed E-state index contributed by atoms with van der Waals surface area (Å²) in [6.07, 6.45) is 0. The highest BCUT2D eigenvalue weighted by Crippen LogP contribution is 2.43. The summed E-state index contributed by atoms with van der Waals surface area (Å²) in [5, 5.41) is 6.55. The van der Waals surface area contributed by atoms with E-state index in [1.165, 1.54) is 20.2 Å². The highest BCUT2D eigenvalue weighted by Gasteiger charge is 2.22. The summed E-state index contributed by atoms with van der Waals surface area (Å²) in [6.45, 7) is 0. The number of hydrogen-bond acceptors (Lipinski definition) is 6. The third kappa shape index (κ3) is 4.31. The minimum Gasteiger partial charge on any atom is -0.438 e. The molecule has 4 aromatic heterocycles. The van der Waals surface area contributed by atoms with Crippen LogP contribution in [0.4, 0.5) is 0 Å². The van der Waals surface area contributed by atoms with Gasteiger partial charge in [0.1, 0.15) is 5.58 Å². The number of nitrogens with zero attached hydrogens (tertiary/aromatic N) is 4. The summed E-state index contributed by atoms with van der Waals surface area (Å²) in [5.41, 5.74) is 5.86. The molecule has 0 aliphatic heterocycles. The first-order chi connectivity index (χ1) is 23.8. The number of aromatic nitrogens is 4. The van der Waals surface area contributed by atoms with Crippen molar-refractivity contribution in [1.29, 1.82) is 0 Å². The molecule has 0 fully saturated rings. The monoisotopic (exact) mass is 632 g/mol. The molecule has 48 heavy (non-hydrogen) atoms. The van der Waals surface area contributed by atoms with Crippen LogP contribution in [0.5, 0.6) is 0 Å². The molecule has 10 aromatic rings. The molecule has 0 saturated heterocycles. The number of hydrogen-bond donors (Lipinski definition) is 0. The summed E-state index contributed by atoms with van der Waals surface area (Å²) in [7, 11) is 0. The van der Waals surface area contributed by atoms with Crippen LogP contribution in [-0.2, 0) is 0 Å². The first-order valence-electron chi connectivity index (χ1n) is 15.8. The van der Waals surface area contributed by atoms with Crippen molar-refractivity contribution in [2.75, 3.05) is 0 Å². The molecule has 0 radical (unpaired) electrons. The molecule has 4 heterocycles. The van der Waals surface area contributed by atoms with Crippen LogP contribution in [0.15, 0.2) is 150 Å². The van der Waals surface area contributed by atoms with E-state index in [-0.39, 0.29) is 0 Å². The molecule has 6 aromatic carbocycles. The highest BCUT2D eigenvalue weighted by atomic mass is 32.1. The van der Waals surface area contributed by atoms with E-state index in [1.54, 1.807) is 11.3 Å². The topological polar surface area (TPSA) is 64.7 Å². The summed E-state index contributed by atoms with van der Waals surface area (Å²) >= 11 is 1.78. The van der Waals surface area contributed by atoms with Crippen molar-refractivity contribution in [1.82, 2.24) is 19.9 Å². The maximum Gasteiger partial charge on any atom is 0.228 e. The molecular formula is C42H24N4OS. The zero-order valence-corrected chi connectivity index (χ0v) is 26.3. The number of benzene rings is 6. The van der Waals surface area contributed by atoms with Gasteiger partial charge >= 0.3 is 0 Å². The van der Waals surface area contributed by atoms with Crippen molar-refractivity contribution in [2.45, 2.75) is 0 Å². The fraction of sp³-hybridized carbons (Fsp3) is 0. The van der Waals surface area contributed by atoms with Crippen LogP contribution in [0, 0.1) is 0 Å². The van der Waals surface area contributed by atoms with Crippen molar-refractivity contribution in [2.24, 2.45) is 0 Å². The molecule has 0 saturated carbocycles. The third-order valence-electron chi connectivity index (χ3n) is 8.93. The Bertz CT molecular complexity index is 2780. The normalized spacial score (nSPS) is 11.8. The Labute approximate surface area is 278 Å². The minimum atomic E-state index is 0.550. The maximum absolute atomic E-state index is 6.61. The van der Waals surface area contributed by atoms with Crippen molar-refractivity contribution in [3.05, 3.63) is 146 Å².